The molecule has 0 N–H and O–H groups in total. The fraction of sp³-hybridized carbons (Fsp3) is 0.250. The highest BCUT2D eigenvalue weighted by molar-refractivity contribution is 6.07. The van der Waals surface area contributed by atoms with Gasteiger partial charge in [-0.1, -0.05) is 74.5 Å². The summed E-state index contributed by atoms with van der Waals surface area (Å²) in [6, 6.07) is 25.6. The minimum atomic E-state index is -0.170. The number of benzene rings is 3. The smallest absolute Gasteiger partial charge is 0.163 e. The Labute approximate surface area is 189 Å². The molecule has 3 aromatic rings. The molecule has 4 nitrogen and oxygen atoms in total. The molecular weight excluding hydrogens is 396 g/mol. The fourth-order valence-electron chi connectivity index (χ4n) is 4.15. The molecule has 4 rings (SSSR count). The zero-order valence-corrected chi connectivity index (χ0v) is 18.6. The number of nitriles is 1. The summed E-state index contributed by atoms with van der Waals surface area (Å²) in [5.74, 6) is 0.366. The molecule has 0 amide bonds. The van der Waals surface area contributed by atoms with Crippen LogP contribution in [-0.4, -0.2) is 11.5 Å². The van der Waals surface area contributed by atoms with Crippen LogP contribution in [0.3, 0.4) is 0 Å². The van der Waals surface area contributed by atoms with E-state index in [-0.39, 0.29) is 23.7 Å². The molecule has 1 heterocycles. The first kappa shape index (κ1) is 21.5. The molecule has 4 heteroatoms. The standard InChI is InChI=1S/C28H26N2O2/c1-18(2)13-26(31)23-14-22(25-12-8-7-11-21(25)17-29)15-24(16-23)27-19(3)28(32-30-27)20-9-5-4-6-10-20/h4-12,14-16,18-19,28H,13H2,1-3H3/t19-,28-/m0/s1. The third-order valence-electron chi connectivity index (χ3n) is 5.78. The molecule has 0 bridgehead atoms. The second-order valence-corrected chi connectivity index (χ2v) is 8.68. The lowest BCUT2D eigenvalue weighted by atomic mass is 9.87. The van der Waals surface area contributed by atoms with E-state index in [1.165, 1.54) is 0 Å². The number of Topliss-reactive ketones (excluding diaryl/α,β-unsaturated/α-hetero) is 1. The molecule has 32 heavy (non-hydrogen) atoms. The van der Waals surface area contributed by atoms with E-state index >= 15 is 0 Å². The van der Waals surface area contributed by atoms with Gasteiger partial charge in [-0.05, 0) is 46.9 Å². The molecule has 0 unspecified atom stereocenters. The summed E-state index contributed by atoms with van der Waals surface area (Å²) in [5.41, 5.74) is 5.60. The molecule has 1 aliphatic rings. The molecule has 2 atom stereocenters. The predicted octanol–water partition coefficient (Wildman–Crippen LogP) is 6.57. The number of oxime groups is 1. The monoisotopic (exact) mass is 422 g/mol. The molecule has 160 valence electrons. The third-order valence-corrected chi connectivity index (χ3v) is 5.78. The van der Waals surface area contributed by atoms with Crippen LogP contribution in [0.15, 0.2) is 78.0 Å². The first-order valence-corrected chi connectivity index (χ1v) is 10.9. The lowest BCUT2D eigenvalue weighted by Gasteiger charge is -2.16. The zero-order chi connectivity index (χ0) is 22.7. The van der Waals surface area contributed by atoms with Gasteiger partial charge in [-0.2, -0.15) is 5.26 Å². The second kappa shape index (κ2) is 9.20. The van der Waals surface area contributed by atoms with Crippen molar-refractivity contribution in [1.82, 2.24) is 0 Å². The third kappa shape index (κ3) is 4.33. The number of rotatable bonds is 6. The lowest BCUT2D eigenvalue weighted by molar-refractivity contribution is 0.0653. The van der Waals surface area contributed by atoms with E-state index < -0.39 is 0 Å². The summed E-state index contributed by atoms with van der Waals surface area (Å²) in [7, 11) is 0. The normalized spacial score (nSPS) is 17.5. The highest BCUT2D eigenvalue weighted by atomic mass is 16.6. The molecule has 0 aromatic heterocycles. The summed E-state index contributed by atoms with van der Waals surface area (Å²) >= 11 is 0. The Morgan fingerprint density at radius 1 is 1.03 bits per heavy atom. The van der Waals surface area contributed by atoms with E-state index in [4.69, 9.17) is 4.84 Å². The molecule has 0 saturated heterocycles. The van der Waals surface area contributed by atoms with E-state index in [1.807, 2.05) is 80.6 Å². The van der Waals surface area contributed by atoms with Crippen LogP contribution in [0.2, 0.25) is 0 Å². The molecule has 0 fully saturated rings. The number of carbonyl (C=O) groups excluding carboxylic acids is 1. The van der Waals surface area contributed by atoms with Gasteiger partial charge < -0.3 is 4.84 Å². The van der Waals surface area contributed by atoms with Crippen LogP contribution < -0.4 is 0 Å². The highest BCUT2D eigenvalue weighted by Gasteiger charge is 2.33. The van der Waals surface area contributed by atoms with Gasteiger partial charge in [0.15, 0.2) is 11.9 Å². The first-order chi connectivity index (χ1) is 15.5. The van der Waals surface area contributed by atoms with E-state index in [2.05, 4.69) is 18.1 Å². The van der Waals surface area contributed by atoms with Crippen LogP contribution in [0.25, 0.3) is 11.1 Å². The van der Waals surface area contributed by atoms with Crippen LogP contribution in [-0.2, 0) is 4.84 Å². The summed E-state index contributed by atoms with van der Waals surface area (Å²) in [5, 5.41) is 14.0. The molecule has 1 aliphatic heterocycles. The average molecular weight is 423 g/mol. The molecule has 0 spiro atoms. The van der Waals surface area contributed by atoms with Crippen LogP contribution >= 0.6 is 0 Å². The fourth-order valence-corrected chi connectivity index (χ4v) is 4.15. The Bertz CT molecular complexity index is 1210. The van der Waals surface area contributed by atoms with Gasteiger partial charge in [0.2, 0.25) is 0 Å². The Balaban J connectivity index is 1.78. The largest absolute Gasteiger partial charge is 0.387 e. The van der Waals surface area contributed by atoms with Gasteiger partial charge in [0.1, 0.15) is 0 Å². The Morgan fingerprint density at radius 2 is 1.72 bits per heavy atom. The summed E-state index contributed by atoms with van der Waals surface area (Å²) in [6.45, 7) is 6.17. The van der Waals surface area contributed by atoms with E-state index in [1.54, 1.807) is 6.07 Å². The Kier molecular flexibility index (Phi) is 6.18. The van der Waals surface area contributed by atoms with Gasteiger partial charge in [-0.3, -0.25) is 4.79 Å². The van der Waals surface area contributed by atoms with E-state index in [0.29, 0.717) is 17.5 Å². The number of hydrogen-bond donors (Lipinski definition) is 0. The van der Waals surface area contributed by atoms with Crippen molar-refractivity contribution in [3.8, 4) is 17.2 Å². The number of nitrogens with zero attached hydrogens (tertiary/aromatic N) is 2. The molecular formula is C28H26N2O2. The van der Waals surface area contributed by atoms with Gasteiger partial charge in [0.05, 0.1) is 17.3 Å². The minimum Gasteiger partial charge on any atom is -0.387 e. The predicted molar refractivity (Wildman–Crippen MR) is 126 cm³/mol. The van der Waals surface area contributed by atoms with Crippen molar-refractivity contribution in [3.63, 3.8) is 0 Å². The topological polar surface area (TPSA) is 62.4 Å². The SMILES string of the molecule is CC(C)CC(=O)c1cc(C2=NO[C@H](c3ccccc3)[C@H]2C)cc(-c2ccccc2C#N)c1. The van der Waals surface area contributed by atoms with Crippen molar-refractivity contribution in [3.05, 3.63) is 95.1 Å². The van der Waals surface area contributed by atoms with E-state index in [9.17, 15) is 10.1 Å². The first-order valence-electron chi connectivity index (χ1n) is 10.9. The van der Waals surface area contributed by atoms with Gasteiger partial charge >= 0.3 is 0 Å². The minimum absolute atomic E-state index is 0.0203. The van der Waals surface area contributed by atoms with Crippen molar-refractivity contribution >= 4 is 11.5 Å². The van der Waals surface area contributed by atoms with Crippen molar-refractivity contribution < 1.29 is 9.63 Å². The molecule has 3 aromatic carbocycles. The summed E-state index contributed by atoms with van der Waals surface area (Å²) in [4.78, 5) is 18.8. The molecule has 0 radical (unpaired) electrons. The van der Waals surface area contributed by atoms with Gasteiger partial charge in [0, 0.05) is 23.5 Å². The van der Waals surface area contributed by atoms with Crippen LogP contribution in [0.5, 0.6) is 0 Å². The number of ketones is 1. The van der Waals surface area contributed by atoms with E-state index in [0.717, 1.165) is 28.0 Å². The Hall–Kier alpha value is -3.71. The molecule has 0 aliphatic carbocycles. The van der Waals surface area contributed by atoms with Crippen LogP contribution in [0.1, 0.15) is 60.3 Å². The zero-order valence-electron chi connectivity index (χ0n) is 18.6. The van der Waals surface area contributed by atoms with Crippen molar-refractivity contribution in [2.45, 2.75) is 33.3 Å². The van der Waals surface area contributed by atoms with Crippen molar-refractivity contribution in [2.24, 2.45) is 17.0 Å². The van der Waals surface area contributed by atoms with Crippen LogP contribution in [0.4, 0.5) is 0 Å². The highest BCUT2D eigenvalue weighted by Crippen LogP contribution is 2.36. The number of hydrogen-bond acceptors (Lipinski definition) is 4. The van der Waals surface area contributed by atoms with Gasteiger partial charge in [-0.25, -0.2) is 0 Å². The quantitative estimate of drug-likeness (QED) is 0.422. The maximum atomic E-state index is 13.0. The Morgan fingerprint density at radius 3 is 2.44 bits per heavy atom. The van der Waals surface area contributed by atoms with Crippen LogP contribution in [0, 0.1) is 23.2 Å². The van der Waals surface area contributed by atoms with Crippen molar-refractivity contribution in [1.29, 1.82) is 5.26 Å². The maximum absolute atomic E-state index is 13.0. The number of carbonyl (C=O) groups is 1. The molecule has 0 saturated carbocycles. The summed E-state index contributed by atoms with van der Waals surface area (Å²) in [6.07, 6.45) is 0.296. The van der Waals surface area contributed by atoms with Gasteiger partial charge in [-0.15, -0.1) is 0 Å². The average Bonchev–Trinajstić information content (AvgIpc) is 3.20. The maximum Gasteiger partial charge on any atom is 0.163 e. The van der Waals surface area contributed by atoms with Crippen molar-refractivity contribution in [2.75, 3.05) is 0 Å². The van der Waals surface area contributed by atoms with Gasteiger partial charge in [0.25, 0.3) is 0 Å². The summed E-state index contributed by atoms with van der Waals surface area (Å²) < 4.78 is 0. The second-order valence-electron chi connectivity index (χ2n) is 8.68. The lowest BCUT2D eigenvalue weighted by Crippen LogP contribution is -2.15.